The van der Waals surface area contributed by atoms with E-state index in [1.54, 1.807) is 18.2 Å². The molecule has 0 spiro atoms. The first kappa shape index (κ1) is 19.7. The van der Waals surface area contributed by atoms with E-state index >= 15 is 0 Å². The Bertz CT molecular complexity index is 871. The Balaban J connectivity index is 1.72. The lowest BCUT2D eigenvalue weighted by Crippen LogP contribution is -2.42. The number of benzene rings is 1. The van der Waals surface area contributed by atoms with E-state index in [0.29, 0.717) is 44.7 Å². The van der Waals surface area contributed by atoms with E-state index in [9.17, 15) is 4.79 Å². The molecule has 0 radical (unpaired) electrons. The van der Waals surface area contributed by atoms with E-state index in [1.165, 1.54) is 0 Å². The Morgan fingerprint density at radius 2 is 1.79 bits per heavy atom. The zero-order valence-electron chi connectivity index (χ0n) is 16.2. The molecule has 2 saturated heterocycles. The van der Waals surface area contributed by atoms with Crippen LogP contribution in [0.2, 0.25) is 10.0 Å². The second-order valence-corrected chi connectivity index (χ2v) is 9.53. The van der Waals surface area contributed by atoms with Crippen LogP contribution in [0.25, 0.3) is 11.3 Å². The first-order valence-corrected chi connectivity index (χ1v) is 10.4. The third-order valence-electron chi connectivity index (χ3n) is 5.48. The normalized spacial score (nSPS) is 24.4. The molecule has 4 rings (SSSR count). The molecule has 0 amide bonds. The Morgan fingerprint density at radius 1 is 1.18 bits per heavy atom. The van der Waals surface area contributed by atoms with Crippen molar-refractivity contribution in [1.82, 2.24) is 10.5 Å². The number of hydrogen-bond donors (Lipinski definition) is 1. The molecule has 2 aliphatic rings. The number of esters is 1. The highest BCUT2D eigenvalue weighted by Crippen LogP contribution is 2.40. The summed E-state index contributed by atoms with van der Waals surface area (Å²) < 4.78 is 11.5. The minimum absolute atomic E-state index is 0.108. The summed E-state index contributed by atoms with van der Waals surface area (Å²) in [4.78, 5) is 13.3. The van der Waals surface area contributed by atoms with Crippen LogP contribution in [0.1, 0.15) is 62.6 Å². The van der Waals surface area contributed by atoms with Crippen LogP contribution in [0.15, 0.2) is 22.7 Å². The molecule has 150 valence electrons. The molecule has 0 saturated carbocycles. The maximum Gasteiger partial charge on any atom is 0.344 e. The van der Waals surface area contributed by atoms with E-state index in [1.807, 2.05) is 20.8 Å². The number of piperidine rings is 1. The molecule has 1 unspecified atom stereocenters. The van der Waals surface area contributed by atoms with Gasteiger partial charge in [0, 0.05) is 23.1 Å². The Hall–Kier alpha value is -1.56. The second-order valence-electron chi connectivity index (χ2n) is 8.72. The van der Waals surface area contributed by atoms with Gasteiger partial charge in [-0.25, -0.2) is 4.79 Å². The number of carbonyl (C=O) groups excluding carboxylic acids is 1. The number of aromatic nitrogens is 1. The minimum atomic E-state index is -0.430. The van der Waals surface area contributed by atoms with Crippen molar-refractivity contribution in [2.24, 2.45) is 0 Å². The van der Waals surface area contributed by atoms with Crippen molar-refractivity contribution in [1.29, 1.82) is 0 Å². The van der Waals surface area contributed by atoms with Crippen LogP contribution in [0.3, 0.4) is 0 Å². The number of rotatable bonds is 3. The molecule has 1 aromatic heterocycles. The third-order valence-corrected chi connectivity index (χ3v) is 6.11. The molecule has 1 aromatic carbocycles. The molecule has 2 aromatic rings. The summed E-state index contributed by atoms with van der Waals surface area (Å²) in [6.07, 6.45) is 3.84. The van der Waals surface area contributed by atoms with Crippen molar-refractivity contribution in [2.75, 3.05) is 0 Å². The van der Waals surface area contributed by atoms with Crippen molar-refractivity contribution < 1.29 is 14.1 Å². The van der Waals surface area contributed by atoms with E-state index in [4.69, 9.17) is 32.5 Å². The lowest BCUT2D eigenvalue weighted by atomic mass is 9.88. The molecule has 3 atom stereocenters. The quantitative estimate of drug-likeness (QED) is 0.671. The molecular weight excluding hydrogens is 399 g/mol. The lowest BCUT2D eigenvalue weighted by Gasteiger charge is -2.29. The second kappa shape index (κ2) is 7.36. The fraction of sp³-hybridized carbons (Fsp3) is 0.524. The summed E-state index contributed by atoms with van der Waals surface area (Å²) in [6, 6.07) is 6.04. The van der Waals surface area contributed by atoms with Crippen molar-refractivity contribution in [3.05, 3.63) is 39.6 Å². The number of halogens is 2. The molecule has 5 nitrogen and oxygen atoms in total. The maximum absolute atomic E-state index is 13.3. The fourth-order valence-corrected chi connectivity index (χ4v) is 4.77. The zero-order chi connectivity index (χ0) is 20.1. The van der Waals surface area contributed by atoms with Crippen LogP contribution in [0.4, 0.5) is 0 Å². The van der Waals surface area contributed by atoms with Gasteiger partial charge >= 0.3 is 5.97 Å². The van der Waals surface area contributed by atoms with Gasteiger partial charge in [-0.15, -0.1) is 0 Å². The monoisotopic (exact) mass is 422 g/mol. The Morgan fingerprint density at radius 3 is 2.36 bits per heavy atom. The number of nitrogens with zero attached hydrogens (tertiary/aromatic N) is 1. The fourth-order valence-electron chi connectivity index (χ4n) is 4.20. The zero-order valence-corrected chi connectivity index (χ0v) is 17.7. The highest BCUT2D eigenvalue weighted by atomic mass is 35.5. The lowest BCUT2D eigenvalue weighted by molar-refractivity contribution is 0.0174. The summed E-state index contributed by atoms with van der Waals surface area (Å²) in [5, 5.41) is 8.56. The molecule has 1 N–H and O–H groups in total. The molecule has 3 heterocycles. The molecular formula is C21H24Cl2N2O3. The van der Waals surface area contributed by atoms with Gasteiger partial charge in [-0.05, 0) is 37.8 Å². The molecule has 7 heteroatoms. The summed E-state index contributed by atoms with van der Waals surface area (Å²) >= 11 is 12.8. The standard InChI is InChI=1S/C21H24Cl2N2O3/c1-21(2,3)19-17(18(25-28-19)16-14(22)5-4-6-15(16)23)20(26)27-13-9-11-7-8-12(10-13)24-11/h4-6,11-13,24H,7-10H2,1-3H3/t11-,12?,13+/m1/s1. The van der Waals surface area contributed by atoms with E-state index in [2.05, 4.69) is 10.5 Å². The van der Waals surface area contributed by atoms with Crippen molar-refractivity contribution in [3.8, 4) is 11.3 Å². The van der Waals surface area contributed by atoms with Gasteiger partial charge in [-0.1, -0.05) is 55.2 Å². The Kier molecular flexibility index (Phi) is 5.19. The number of fused-ring (bicyclic) bond motifs is 2. The summed E-state index contributed by atoms with van der Waals surface area (Å²) in [6.45, 7) is 5.90. The number of nitrogens with one attached hydrogen (secondary N) is 1. The smallest absolute Gasteiger partial charge is 0.344 e. The molecule has 2 aliphatic heterocycles. The van der Waals surface area contributed by atoms with Crippen LogP contribution in [0, 0.1) is 0 Å². The van der Waals surface area contributed by atoms with Crippen molar-refractivity contribution >= 4 is 29.2 Å². The summed E-state index contributed by atoms with van der Waals surface area (Å²) in [5.41, 5.74) is 0.707. The highest BCUT2D eigenvalue weighted by molar-refractivity contribution is 6.39. The van der Waals surface area contributed by atoms with Crippen LogP contribution in [-0.4, -0.2) is 29.3 Å². The van der Waals surface area contributed by atoms with Gasteiger partial charge in [0.2, 0.25) is 0 Å². The highest BCUT2D eigenvalue weighted by Gasteiger charge is 2.38. The average molecular weight is 423 g/mol. The predicted molar refractivity (Wildman–Crippen MR) is 109 cm³/mol. The topological polar surface area (TPSA) is 64.4 Å². The van der Waals surface area contributed by atoms with E-state index in [0.717, 1.165) is 25.7 Å². The van der Waals surface area contributed by atoms with Crippen LogP contribution in [-0.2, 0) is 10.2 Å². The van der Waals surface area contributed by atoms with Gasteiger partial charge in [0.1, 0.15) is 17.4 Å². The minimum Gasteiger partial charge on any atom is -0.459 e. The summed E-state index contributed by atoms with van der Waals surface area (Å²) in [7, 11) is 0. The number of ether oxygens (including phenoxy) is 1. The number of carbonyl (C=O) groups is 1. The molecule has 0 aliphatic carbocycles. The molecule has 2 fully saturated rings. The Labute approximate surface area is 174 Å². The predicted octanol–water partition coefficient (Wildman–Crippen LogP) is 5.39. The van der Waals surface area contributed by atoms with Gasteiger partial charge in [-0.3, -0.25) is 0 Å². The first-order valence-electron chi connectivity index (χ1n) is 9.65. The van der Waals surface area contributed by atoms with Gasteiger partial charge in [0.15, 0.2) is 5.76 Å². The third kappa shape index (κ3) is 3.68. The van der Waals surface area contributed by atoms with Gasteiger partial charge in [0.05, 0.1) is 10.0 Å². The SMILES string of the molecule is CC(C)(C)c1onc(-c2c(Cl)cccc2Cl)c1C(=O)O[C@@H]1CC2CC[C@H](C1)N2. The van der Waals surface area contributed by atoms with Gasteiger partial charge in [0.25, 0.3) is 0 Å². The average Bonchev–Trinajstić information content (AvgIpc) is 3.18. The number of hydrogen-bond acceptors (Lipinski definition) is 5. The largest absolute Gasteiger partial charge is 0.459 e. The summed E-state index contributed by atoms with van der Waals surface area (Å²) in [5.74, 6) is 0.0452. The van der Waals surface area contributed by atoms with E-state index < -0.39 is 11.4 Å². The van der Waals surface area contributed by atoms with Crippen LogP contribution >= 0.6 is 23.2 Å². The first-order chi connectivity index (χ1) is 13.2. The maximum atomic E-state index is 13.3. The van der Waals surface area contributed by atoms with Gasteiger partial charge < -0.3 is 14.6 Å². The van der Waals surface area contributed by atoms with Crippen LogP contribution in [0.5, 0.6) is 0 Å². The van der Waals surface area contributed by atoms with Gasteiger partial charge in [-0.2, -0.15) is 0 Å². The molecule has 28 heavy (non-hydrogen) atoms. The van der Waals surface area contributed by atoms with Crippen LogP contribution < -0.4 is 5.32 Å². The van der Waals surface area contributed by atoms with E-state index in [-0.39, 0.29) is 6.10 Å². The van der Waals surface area contributed by atoms with Crippen molar-refractivity contribution in [3.63, 3.8) is 0 Å². The van der Waals surface area contributed by atoms with Crippen molar-refractivity contribution in [2.45, 2.75) is 70.1 Å². The molecule has 2 bridgehead atoms.